The van der Waals surface area contributed by atoms with Gasteiger partial charge in [-0.3, -0.25) is 9.59 Å². The van der Waals surface area contributed by atoms with E-state index in [1.807, 2.05) is 0 Å². The second-order valence-electron chi connectivity index (χ2n) is 4.88. The third-order valence-corrected chi connectivity index (χ3v) is 3.61. The molecule has 0 spiro atoms. The Kier molecular flexibility index (Phi) is 4.47. The maximum atomic E-state index is 11.6. The van der Waals surface area contributed by atoms with Gasteiger partial charge < -0.3 is 21.7 Å². The van der Waals surface area contributed by atoms with Gasteiger partial charge in [-0.05, 0) is 25.7 Å². The van der Waals surface area contributed by atoms with Crippen LogP contribution in [0.25, 0.3) is 0 Å². The number of carbonyl (C=O) groups excluding carboxylic acids is 2. The third kappa shape index (κ3) is 3.17. The first kappa shape index (κ1) is 13.9. The predicted octanol–water partition coefficient (Wildman–Crippen LogP) is -1.12. The van der Waals surface area contributed by atoms with E-state index in [2.05, 4.69) is 0 Å². The summed E-state index contributed by atoms with van der Waals surface area (Å²) >= 11 is 0. The van der Waals surface area contributed by atoms with Gasteiger partial charge in [0.1, 0.15) is 0 Å². The summed E-state index contributed by atoms with van der Waals surface area (Å²) in [7, 11) is 0. The molecule has 1 aliphatic rings. The van der Waals surface area contributed by atoms with Crippen molar-refractivity contribution in [1.29, 1.82) is 0 Å². The highest BCUT2D eigenvalue weighted by Crippen LogP contribution is 2.42. The molecule has 0 saturated heterocycles. The number of amides is 2. The van der Waals surface area contributed by atoms with Crippen molar-refractivity contribution >= 4 is 11.8 Å². The van der Waals surface area contributed by atoms with E-state index in [9.17, 15) is 14.7 Å². The lowest BCUT2D eigenvalue weighted by Crippen LogP contribution is -2.46. The van der Waals surface area contributed by atoms with E-state index >= 15 is 0 Å². The lowest BCUT2D eigenvalue weighted by Gasteiger charge is -2.38. The number of nitrogens with two attached hydrogens (primary N) is 2. The van der Waals surface area contributed by atoms with Gasteiger partial charge in [0, 0.05) is 5.92 Å². The molecule has 0 heterocycles. The lowest BCUT2D eigenvalue weighted by atomic mass is 9.66. The predicted molar refractivity (Wildman–Crippen MR) is 60.5 cm³/mol. The maximum Gasteiger partial charge on any atom is 0.223 e. The first-order valence-corrected chi connectivity index (χ1v) is 5.79. The summed E-state index contributed by atoms with van der Waals surface area (Å²) in [5.74, 6) is -1.34. The zero-order valence-electron chi connectivity index (χ0n) is 9.76. The van der Waals surface area contributed by atoms with Gasteiger partial charge in [-0.15, -0.1) is 0 Å². The fourth-order valence-electron chi connectivity index (χ4n) is 2.63. The minimum absolute atomic E-state index is 0.0859. The first-order valence-electron chi connectivity index (χ1n) is 5.79. The van der Waals surface area contributed by atoms with Crippen molar-refractivity contribution in [3.63, 3.8) is 0 Å². The van der Waals surface area contributed by atoms with Crippen LogP contribution in [0.2, 0.25) is 0 Å². The monoisotopic (exact) mass is 244 g/mol. The Labute approximate surface area is 100.0 Å². The number of aliphatic hydroxyl groups is 2. The van der Waals surface area contributed by atoms with E-state index in [0.717, 1.165) is 0 Å². The average molecular weight is 244 g/mol. The molecule has 1 rings (SSSR count). The van der Waals surface area contributed by atoms with Crippen molar-refractivity contribution in [2.75, 3.05) is 6.61 Å². The lowest BCUT2D eigenvalue weighted by molar-refractivity contribution is -0.136. The highest BCUT2D eigenvalue weighted by atomic mass is 16.3. The summed E-state index contributed by atoms with van der Waals surface area (Å²) in [6.45, 7) is -0.420. The summed E-state index contributed by atoms with van der Waals surface area (Å²) in [5, 5.41) is 18.3. The highest BCUT2D eigenvalue weighted by Gasteiger charge is 2.43. The van der Waals surface area contributed by atoms with Crippen LogP contribution in [-0.2, 0) is 9.59 Å². The number of rotatable bonds is 5. The van der Waals surface area contributed by atoms with Gasteiger partial charge in [-0.2, -0.15) is 0 Å². The Balaban J connectivity index is 2.83. The Morgan fingerprint density at radius 1 is 1.41 bits per heavy atom. The van der Waals surface area contributed by atoms with Crippen LogP contribution >= 0.6 is 0 Å². The van der Waals surface area contributed by atoms with Crippen molar-refractivity contribution in [3.05, 3.63) is 0 Å². The van der Waals surface area contributed by atoms with Gasteiger partial charge in [-0.1, -0.05) is 6.42 Å². The second-order valence-corrected chi connectivity index (χ2v) is 4.88. The number of primary amides is 2. The van der Waals surface area contributed by atoms with Crippen LogP contribution in [0.1, 0.15) is 32.1 Å². The van der Waals surface area contributed by atoms with E-state index in [-0.39, 0.29) is 18.8 Å². The first-order chi connectivity index (χ1) is 7.91. The molecule has 1 aliphatic carbocycles. The molecule has 0 aromatic rings. The molecule has 1 saturated carbocycles. The van der Waals surface area contributed by atoms with E-state index in [4.69, 9.17) is 16.6 Å². The van der Waals surface area contributed by atoms with Gasteiger partial charge in [0.05, 0.1) is 18.1 Å². The second kappa shape index (κ2) is 5.46. The Morgan fingerprint density at radius 3 is 2.53 bits per heavy atom. The smallest absolute Gasteiger partial charge is 0.223 e. The van der Waals surface area contributed by atoms with Crippen LogP contribution in [0.15, 0.2) is 0 Å². The summed E-state index contributed by atoms with van der Waals surface area (Å²) in [5.41, 5.74) is 9.72. The molecule has 6 N–H and O–H groups in total. The normalized spacial score (nSPS) is 30.8. The van der Waals surface area contributed by atoms with E-state index in [0.29, 0.717) is 19.3 Å². The van der Waals surface area contributed by atoms with Crippen molar-refractivity contribution in [3.8, 4) is 0 Å². The summed E-state index contributed by atoms with van der Waals surface area (Å²) in [4.78, 5) is 22.8. The molecule has 0 aliphatic heterocycles. The highest BCUT2D eigenvalue weighted by molar-refractivity contribution is 5.83. The zero-order valence-corrected chi connectivity index (χ0v) is 9.76. The number of hydrogen-bond acceptors (Lipinski definition) is 4. The van der Waals surface area contributed by atoms with Crippen LogP contribution in [0.3, 0.4) is 0 Å². The molecular weight excluding hydrogens is 224 g/mol. The van der Waals surface area contributed by atoms with Gasteiger partial charge in [0.15, 0.2) is 0 Å². The molecule has 2 amide bonds. The van der Waals surface area contributed by atoms with Gasteiger partial charge >= 0.3 is 0 Å². The Bertz CT molecular complexity index is 308. The number of carbonyl (C=O) groups is 2. The molecule has 3 unspecified atom stereocenters. The fraction of sp³-hybridized carbons (Fsp3) is 0.818. The quantitative estimate of drug-likeness (QED) is 0.488. The Hall–Kier alpha value is -1.14. The van der Waals surface area contributed by atoms with Gasteiger partial charge in [0.2, 0.25) is 11.8 Å². The SMILES string of the molecule is NC(=O)C1CCCC(CC(O)CO)(C(N)=O)C1. The molecular formula is C11H20N2O4. The number of aliphatic hydroxyl groups excluding tert-OH is 2. The van der Waals surface area contributed by atoms with E-state index < -0.39 is 29.9 Å². The van der Waals surface area contributed by atoms with E-state index in [1.165, 1.54) is 0 Å². The molecule has 6 nitrogen and oxygen atoms in total. The minimum Gasteiger partial charge on any atom is -0.394 e. The summed E-state index contributed by atoms with van der Waals surface area (Å²) in [6, 6.07) is 0. The molecule has 3 atom stereocenters. The van der Waals surface area contributed by atoms with E-state index in [1.54, 1.807) is 0 Å². The molecule has 6 heteroatoms. The van der Waals surface area contributed by atoms with Crippen LogP contribution in [-0.4, -0.2) is 34.7 Å². The van der Waals surface area contributed by atoms with Gasteiger partial charge in [0.25, 0.3) is 0 Å². The number of hydrogen-bond donors (Lipinski definition) is 4. The van der Waals surface area contributed by atoms with Crippen molar-refractivity contribution in [2.24, 2.45) is 22.8 Å². The standard InChI is InChI=1S/C11H20N2O4/c12-9(16)7-2-1-3-11(4-7,10(13)17)5-8(15)6-14/h7-8,14-15H,1-6H2,(H2,12,16)(H2,13,17). The average Bonchev–Trinajstić information content (AvgIpc) is 2.28. The van der Waals surface area contributed by atoms with Crippen LogP contribution in [0.4, 0.5) is 0 Å². The third-order valence-electron chi connectivity index (χ3n) is 3.61. The summed E-state index contributed by atoms with van der Waals surface area (Å²) in [6.07, 6.45) is 1.23. The minimum atomic E-state index is -0.992. The molecule has 0 aromatic heterocycles. The fourth-order valence-corrected chi connectivity index (χ4v) is 2.63. The molecule has 0 bridgehead atoms. The largest absolute Gasteiger partial charge is 0.394 e. The molecule has 17 heavy (non-hydrogen) atoms. The molecule has 0 aromatic carbocycles. The van der Waals surface area contributed by atoms with Crippen LogP contribution in [0, 0.1) is 11.3 Å². The van der Waals surface area contributed by atoms with Crippen LogP contribution < -0.4 is 11.5 Å². The molecule has 98 valence electrons. The zero-order chi connectivity index (χ0) is 13.1. The van der Waals surface area contributed by atoms with Gasteiger partial charge in [-0.25, -0.2) is 0 Å². The topological polar surface area (TPSA) is 127 Å². The Morgan fingerprint density at radius 2 is 2.06 bits per heavy atom. The molecule has 1 fully saturated rings. The van der Waals surface area contributed by atoms with Crippen molar-refractivity contribution in [1.82, 2.24) is 0 Å². The molecule has 0 radical (unpaired) electrons. The maximum absolute atomic E-state index is 11.6. The van der Waals surface area contributed by atoms with Crippen molar-refractivity contribution < 1.29 is 19.8 Å². The summed E-state index contributed by atoms with van der Waals surface area (Å²) < 4.78 is 0. The van der Waals surface area contributed by atoms with Crippen molar-refractivity contribution in [2.45, 2.75) is 38.2 Å². The van der Waals surface area contributed by atoms with Crippen LogP contribution in [0.5, 0.6) is 0 Å².